The van der Waals surface area contributed by atoms with Gasteiger partial charge in [0.25, 0.3) is 0 Å². The molecule has 1 aromatic rings. The largest absolute Gasteiger partial charge is 0.437 e. The number of aromatic nitrogens is 2. The molecule has 1 heterocycles. The molecule has 2 rings (SSSR count). The first-order valence-corrected chi connectivity index (χ1v) is 6.18. The molecule has 102 valence electrons. The van der Waals surface area contributed by atoms with Crippen molar-refractivity contribution in [2.45, 2.75) is 44.8 Å². The van der Waals surface area contributed by atoms with Crippen LogP contribution in [0.25, 0.3) is 0 Å². The van der Waals surface area contributed by atoms with E-state index < -0.39 is 11.9 Å². The minimum Gasteiger partial charge on any atom is -0.355 e. The Morgan fingerprint density at radius 3 is 2.84 bits per heavy atom. The van der Waals surface area contributed by atoms with Crippen molar-refractivity contribution in [2.75, 3.05) is 5.32 Å². The van der Waals surface area contributed by atoms with Crippen LogP contribution < -0.4 is 5.32 Å². The monoisotopic (exact) mass is 269 g/mol. The Hall–Kier alpha value is -1.77. The van der Waals surface area contributed by atoms with Crippen LogP contribution >= 0.6 is 0 Å². The van der Waals surface area contributed by atoms with Gasteiger partial charge >= 0.3 is 6.18 Å². The number of aryl methyl sites for hydroxylation is 1. The summed E-state index contributed by atoms with van der Waals surface area (Å²) in [7, 11) is 0. The smallest absolute Gasteiger partial charge is 0.355 e. The Morgan fingerprint density at radius 1 is 1.47 bits per heavy atom. The van der Waals surface area contributed by atoms with E-state index in [0.29, 0.717) is 12.1 Å². The molecule has 1 unspecified atom stereocenters. The zero-order valence-corrected chi connectivity index (χ0v) is 10.5. The molecule has 0 amide bonds. The molecule has 3 nitrogen and oxygen atoms in total. The number of nitrogens with zero attached hydrogens (tertiary/aromatic N) is 2. The molecule has 1 aliphatic rings. The molecule has 1 aromatic heterocycles. The summed E-state index contributed by atoms with van der Waals surface area (Å²) in [6, 6.07) is -0.281. The fourth-order valence-corrected chi connectivity index (χ4v) is 1.83. The highest BCUT2D eigenvalue weighted by atomic mass is 19.4. The number of nitrogens with one attached hydrogen (secondary N) is 1. The van der Waals surface area contributed by atoms with Crippen LogP contribution in [-0.2, 0) is 12.6 Å². The van der Waals surface area contributed by atoms with Crippen LogP contribution in [0.4, 0.5) is 19.0 Å². The van der Waals surface area contributed by atoms with E-state index in [9.17, 15) is 13.2 Å². The van der Waals surface area contributed by atoms with E-state index in [0.717, 1.165) is 19.3 Å². The van der Waals surface area contributed by atoms with Gasteiger partial charge < -0.3 is 5.32 Å². The van der Waals surface area contributed by atoms with Crippen molar-refractivity contribution < 1.29 is 13.2 Å². The Balaban J connectivity index is 2.30. The van der Waals surface area contributed by atoms with Gasteiger partial charge in [-0.2, -0.15) is 13.2 Å². The lowest BCUT2D eigenvalue weighted by Crippen LogP contribution is -2.24. The number of alkyl halides is 3. The van der Waals surface area contributed by atoms with Gasteiger partial charge in [0, 0.05) is 6.42 Å². The van der Waals surface area contributed by atoms with Crippen molar-refractivity contribution in [2.24, 2.45) is 0 Å². The van der Waals surface area contributed by atoms with E-state index >= 15 is 0 Å². The molecule has 0 aliphatic heterocycles. The van der Waals surface area contributed by atoms with Gasteiger partial charge in [-0.15, -0.1) is 5.92 Å². The van der Waals surface area contributed by atoms with E-state index in [4.69, 9.17) is 0 Å². The van der Waals surface area contributed by atoms with Crippen LogP contribution in [0.2, 0.25) is 0 Å². The molecular formula is C13H14F3N3. The van der Waals surface area contributed by atoms with Crippen molar-refractivity contribution in [3.8, 4) is 11.8 Å². The van der Waals surface area contributed by atoms with Crippen LogP contribution in [-0.4, -0.2) is 16.0 Å². The average molecular weight is 269 g/mol. The molecule has 0 spiro atoms. The third-order valence-electron chi connectivity index (χ3n) is 2.83. The Kier molecular flexibility index (Phi) is 3.93. The van der Waals surface area contributed by atoms with E-state index in [-0.39, 0.29) is 11.9 Å². The fourth-order valence-electron chi connectivity index (χ4n) is 1.83. The summed E-state index contributed by atoms with van der Waals surface area (Å²) >= 11 is 0. The number of anilines is 1. The summed E-state index contributed by atoms with van der Waals surface area (Å²) < 4.78 is 38.8. The van der Waals surface area contributed by atoms with Gasteiger partial charge in [0.2, 0.25) is 0 Å². The number of rotatable bonds is 3. The predicted octanol–water partition coefficient (Wildman–Crippen LogP) is 3.03. The minimum absolute atomic E-state index is 0.231. The molecule has 0 saturated heterocycles. The highest BCUT2D eigenvalue weighted by Crippen LogP contribution is 2.32. The van der Waals surface area contributed by atoms with Gasteiger partial charge in [0.15, 0.2) is 11.5 Å². The maximum Gasteiger partial charge on any atom is 0.437 e. The second-order valence-electron chi connectivity index (χ2n) is 4.32. The van der Waals surface area contributed by atoms with E-state index in [1.807, 2.05) is 0 Å². The molecular weight excluding hydrogens is 255 g/mol. The highest BCUT2D eigenvalue weighted by molar-refractivity contribution is 5.45. The Labute approximate surface area is 109 Å². The van der Waals surface area contributed by atoms with Gasteiger partial charge in [-0.3, -0.25) is 0 Å². The van der Waals surface area contributed by atoms with Gasteiger partial charge in [0.05, 0.1) is 17.9 Å². The normalized spacial score (nSPS) is 18.6. The zero-order chi connectivity index (χ0) is 13.9. The Bertz CT molecular complexity index is 514. The van der Waals surface area contributed by atoms with Crippen molar-refractivity contribution in [1.29, 1.82) is 0 Å². The summed E-state index contributed by atoms with van der Waals surface area (Å²) in [5.41, 5.74) is -0.633. The molecule has 0 bridgehead atoms. The second-order valence-corrected chi connectivity index (χ2v) is 4.32. The number of halogens is 3. The van der Waals surface area contributed by atoms with Crippen molar-refractivity contribution in [3.63, 3.8) is 0 Å². The molecule has 0 saturated carbocycles. The predicted molar refractivity (Wildman–Crippen MR) is 65.4 cm³/mol. The molecule has 0 aromatic carbocycles. The average Bonchev–Trinajstić information content (AvgIpc) is 2.39. The van der Waals surface area contributed by atoms with Gasteiger partial charge in [-0.25, -0.2) is 9.97 Å². The number of hydrogen-bond acceptors (Lipinski definition) is 3. The molecule has 0 radical (unpaired) electrons. The van der Waals surface area contributed by atoms with Crippen LogP contribution in [0, 0.1) is 11.8 Å². The third-order valence-corrected chi connectivity index (χ3v) is 2.83. The molecule has 1 atom stereocenters. The maximum absolute atomic E-state index is 12.9. The molecule has 0 fully saturated rings. The standard InChI is InChI=1S/C13H14F3N3/c1-2-9-8-17-12(11(18-9)13(14,15)16)19-10-6-4-3-5-7-10/h8,10H,2-4,6H2,1H3,(H,17,19). The molecule has 1 N–H and O–H groups in total. The lowest BCUT2D eigenvalue weighted by Gasteiger charge is -2.18. The highest BCUT2D eigenvalue weighted by Gasteiger charge is 2.37. The van der Waals surface area contributed by atoms with Gasteiger partial charge in [-0.1, -0.05) is 12.8 Å². The first kappa shape index (κ1) is 13.7. The Morgan fingerprint density at radius 2 is 2.26 bits per heavy atom. The summed E-state index contributed by atoms with van der Waals surface area (Å²) in [5, 5.41) is 2.74. The van der Waals surface area contributed by atoms with E-state index in [1.54, 1.807) is 6.92 Å². The minimum atomic E-state index is -4.51. The van der Waals surface area contributed by atoms with Crippen molar-refractivity contribution in [3.05, 3.63) is 17.6 Å². The second kappa shape index (κ2) is 5.47. The zero-order valence-electron chi connectivity index (χ0n) is 10.5. The van der Waals surface area contributed by atoms with Crippen LogP contribution in [0.3, 0.4) is 0 Å². The first-order valence-electron chi connectivity index (χ1n) is 6.18. The van der Waals surface area contributed by atoms with Gasteiger partial charge in [-0.05, 0) is 19.3 Å². The van der Waals surface area contributed by atoms with Gasteiger partial charge in [0.1, 0.15) is 0 Å². The summed E-state index contributed by atoms with van der Waals surface area (Å²) in [5.74, 6) is 5.54. The first-order chi connectivity index (χ1) is 9.00. The fraction of sp³-hybridized carbons (Fsp3) is 0.538. The van der Waals surface area contributed by atoms with Crippen LogP contribution in [0.1, 0.15) is 37.6 Å². The molecule has 19 heavy (non-hydrogen) atoms. The van der Waals surface area contributed by atoms with Crippen LogP contribution in [0.15, 0.2) is 6.20 Å². The summed E-state index contributed by atoms with van der Waals surface area (Å²) in [4.78, 5) is 7.48. The maximum atomic E-state index is 12.9. The topological polar surface area (TPSA) is 37.8 Å². The van der Waals surface area contributed by atoms with Crippen LogP contribution in [0.5, 0.6) is 0 Å². The lowest BCUT2D eigenvalue weighted by atomic mass is 10.1. The third kappa shape index (κ3) is 3.37. The summed E-state index contributed by atoms with van der Waals surface area (Å²) in [6.45, 7) is 1.74. The van der Waals surface area contributed by atoms with E-state index in [2.05, 4.69) is 27.1 Å². The van der Waals surface area contributed by atoms with Crippen molar-refractivity contribution >= 4 is 5.82 Å². The quantitative estimate of drug-likeness (QED) is 0.857. The lowest BCUT2D eigenvalue weighted by molar-refractivity contribution is -0.140. The van der Waals surface area contributed by atoms with E-state index in [1.165, 1.54) is 6.20 Å². The SMILES string of the molecule is CCc1cnc(NC2C#CCCC2)c(C(F)(F)F)n1. The molecule has 1 aliphatic carbocycles. The number of hydrogen-bond donors (Lipinski definition) is 1. The van der Waals surface area contributed by atoms with Crippen molar-refractivity contribution in [1.82, 2.24) is 9.97 Å². The summed E-state index contributed by atoms with van der Waals surface area (Å²) in [6.07, 6.45) is -0.325. The molecule has 6 heteroatoms.